The van der Waals surface area contributed by atoms with Gasteiger partial charge in [-0.1, -0.05) is 31.9 Å². The summed E-state index contributed by atoms with van der Waals surface area (Å²) in [7, 11) is 0. The third-order valence-electron chi connectivity index (χ3n) is 1.13. The van der Waals surface area contributed by atoms with Gasteiger partial charge in [-0.2, -0.15) is 8.78 Å². The molecule has 13 heavy (non-hydrogen) atoms. The Kier molecular flexibility index (Phi) is 3.29. The van der Waals surface area contributed by atoms with E-state index < -0.39 is 6.11 Å². The van der Waals surface area contributed by atoms with Crippen molar-refractivity contribution in [1.82, 2.24) is 0 Å². The van der Waals surface area contributed by atoms with Crippen LogP contribution in [0, 0.1) is 0 Å². The highest BCUT2D eigenvalue weighted by Gasteiger charge is 2.23. The molecule has 0 radical (unpaired) electrons. The van der Waals surface area contributed by atoms with Crippen LogP contribution in [0.3, 0.4) is 0 Å². The molecule has 5 heteroatoms. The third-order valence-corrected chi connectivity index (χ3v) is 2.05. The van der Waals surface area contributed by atoms with Crippen LogP contribution in [-0.4, -0.2) is 6.11 Å². The summed E-state index contributed by atoms with van der Waals surface area (Å²) in [5.41, 5.74) is 0. The molecule has 0 amide bonds. The summed E-state index contributed by atoms with van der Waals surface area (Å²) in [6.07, 6.45) is -3.15. The van der Waals surface area contributed by atoms with Gasteiger partial charge in [0.05, 0.1) is 0 Å². The molecule has 0 unspecified atom stereocenters. The van der Waals surface area contributed by atoms with E-state index in [1.54, 1.807) is 6.07 Å². The molecule has 1 aromatic carbocycles. The van der Waals surface area contributed by atoms with E-state index in [1.165, 1.54) is 12.1 Å². The molecule has 0 aromatic heterocycles. The lowest BCUT2D eigenvalue weighted by molar-refractivity contribution is -0.159. The Bertz CT molecular complexity index is 289. The van der Waals surface area contributed by atoms with E-state index in [2.05, 4.69) is 36.6 Å². The zero-order valence-corrected chi connectivity index (χ0v) is 9.82. The minimum Gasteiger partial charge on any atom is -0.433 e. The largest absolute Gasteiger partial charge is 0.433 e. The van der Waals surface area contributed by atoms with Crippen molar-refractivity contribution in [3.8, 4) is 5.75 Å². The first-order valence-electron chi connectivity index (χ1n) is 3.40. The number of alkyl halides is 2. The summed E-state index contributed by atoms with van der Waals surface area (Å²) < 4.78 is 30.6. The van der Waals surface area contributed by atoms with E-state index in [0.717, 1.165) is 0 Å². The number of ether oxygens (including phenoxy) is 1. The summed E-state index contributed by atoms with van der Waals surface area (Å²) in [6, 6.07) is 4.69. The van der Waals surface area contributed by atoms with Gasteiger partial charge in [0.2, 0.25) is 0 Å². The average molecular weight is 316 g/mol. The number of rotatable bonds is 2. The topological polar surface area (TPSA) is 9.23 Å². The Morgan fingerprint density at radius 1 is 1.15 bits per heavy atom. The smallest absolute Gasteiger partial charge is 0.394 e. The van der Waals surface area contributed by atoms with Gasteiger partial charge in [-0.3, -0.25) is 0 Å². The third kappa shape index (κ3) is 4.04. The van der Waals surface area contributed by atoms with Gasteiger partial charge in [-0.05, 0) is 18.2 Å². The zero-order valence-electron chi connectivity index (χ0n) is 6.65. The molecule has 0 bridgehead atoms. The first kappa shape index (κ1) is 10.9. The van der Waals surface area contributed by atoms with Crippen LogP contribution in [0.4, 0.5) is 8.78 Å². The minimum atomic E-state index is -3.15. The SMILES string of the molecule is CC(F)(F)Oc1cc(Br)cc(Br)c1. The summed E-state index contributed by atoms with van der Waals surface area (Å²) >= 11 is 6.33. The van der Waals surface area contributed by atoms with Gasteiger partial charge in [0.1, 0.15) is 5.75 Å². The van der Waals surface area contributed by atoms with E-state index in [1.807, 2.05) is 0 Å². The second kappa shape index (κ2) is 3.92. The van der Waals surface area contributed by atoms with Crippen molar-refractivity contribution in [2.45, 2.75) is 13.0 Å². The normalized spacial score (nSPS) is 11.5. The Hall–Kier alpha value is -0.160. The van der Waals surface area contributed by atoms with Crippen molar-refractivity contribution in [2.75, 3.05) is 0 Å². The van der Waals surface area contributed by atoms with Crippen LogP contribution >= 0.6 is 31.9 Å². The van der Waals surface area contributed by atoms with E-state index in [0.29, 0.717) is 15.9 Å². The van der Waals surface area contributed by atoms with E-state index >= 15 is 0 Å². The molecule has 1 nitrogen and oxygen atoms in total. The fraction of sp³-hybridized carbons (Fsp3) is 0.250. The van der Waals surface area contributed by atoms with Crippen molar-refractivity contribution in [2.24, 2.45) is 0 Å². The predicted molar refractivity (Wildman–Crippen MR) is 53.1 cm³/mol. The van der Waals surface area contributed by atoms with Crippen molar-refractivity contribution in [3.05, 3.63) is 27.1 Å². The molecule has 0 aliphatic rings. The van der Waals surface area contributed by atoms with Gasteiger partial charge in [0, 0.05) is 15.9 Å². The molecule has 0 atom stereocenters. The first-order chi connectivity index (χ1) is 5.87. The lowest BCUT2D eigenvalue weighted by Gasteiger charge is -2.13. The van der Waals surface area contributed by atoms with Crippen molar-refractivity contribution in [3.63, 3.8) is 0 Å². The molecular formula is C8H6Br2F2O. The molecule has 0 aliphatic heterocycles. The molecule has 1 rings (SSSR count). The highest BCUT2D eigenvalue weighted by atomic mass is 79.9. The summed E-state index contributed by atoms with van der Waals surface area (Å²) in [6.45, 7) is 0.696. The van der Waals surface area contributed by atoms with Crippen LogP contribution in [0.1, 0.15) is 6.92 Å². The van der Waals surface area contributed by atoms with E-state index in [9.17, 15) is 8.78 Å². The van der Waals surface area contributed by atoms with Gasteiger partial charge in [-0.25, -0.2) is 0 Å². The van der Waals surface area contributed by atoms with Crippen LogP contribution in [0.2, 0.25) is 0 Å². The van der Waals surface area contributed by atoms with Gasteiger partial charge >= 0.3 is 6.11 Å². The maximum atomic E-state index is 12.4. The molecule has 0 fully saturated rings. The Morgan fingerprint density at radius 3 is 2.00 bits per heavy atom. The standard InChI is InChI=1S/C8H6Br2F2O/c1-8(11,12)13-7-3-5(9)2-6(10)4-7/h2-4H,1H3. The van der Waals surface area contributed by atoms with Gasteiger partial charge in [0.25, 0.3) is 0 Å². The van der Waals surface area contributed by atoms with Crippen LogP contribution < -0.4 is 4.74 Å². The lowest BCUT2D eigenvalue weighted by atomic mass is 10.3. The van der Waals surface area contributed by atoms with E-state index in [-0.39, 0.29) is 5.75 Å². The summed E-state index contributed by atoms with van der Waals surface area (Å²) in [5.74, 6) is 0.119. The number of hydrogen-bond donors (Lipinski definition) is 0. The average Bonchev–Trinajstić information content (AvgIpc) is 1.78. The molecule has 0 aliphatic carbocycles. The molecule has 72 valence electrons. The maximum Gasteiger partial charge on any atom is 0.394 e. The predicted octanol–water partition coefficient (Wildman–Crippen LogP) is 4.20. The first-order valence-corrected chi connectivity index (χ1v) is 4.98. The Labute approximate surface area is 91.3 Å². The van der Waals surface area contributed by atoms with Crippen LogP contribution in [-0.2, 0) is 0 Å². The monoisotopic (exact) mass is 314 g/mol. The van der Waals surface area contributed by atoms with Crippen LogP contribution in [0.25, 0.3) is 0 Å². The molecule has 0 N–H and O–H groups in total. The van der Waals surface area contributed by atoms with Gasteiger partial charge in [0.15, 0.2) is 0 Å². The Morgan fingerprint density at radius 2 is 1.62 bits per heavy atom. The van der Waals surface area contributed by atoms with Crippen molar-refractivity contribution in [1.29, 1.82) is 0 Å². The molecule has 0 heterocycles. The van der Waals surface area contributed by atoms with E-state index in [4.69, 9.17) is 0 Å². The number of benzene rings is 1. The molecule has 1 aromatic rings. The van der Waals surface area contributed by atoms with Crippen LogP contribution in [0.15, 0.2) is 27.1 Å². The second-order valence-electron chi connectivity index (χ2n) is 2.52. The summed E-state index contributed by atoms with van der Waals surface area (Å²) in [5, 5.41) is 0. The van der Waals surface area contributed by atoms with Gasteiger partial charge in [-0.15, -0.1) is 0 Å². The molecular weight excluding hydrogens is 310 g/mol. The lowest BCUT2D eigenvalue weighted by Crippen LogP contribution is -2.19. The minimum absolute atomic E-state index is 0.119. The second-order valence-corrected chi connectivity index (χ2v) is 4.35. The Balaban J connectivity index is 2.90. The fourth-order valence-corrected chi connectivity index (χ4v) is 2.05. The zero-order chi connectivity index (χ0) is 10.1. The maximum absolute atomic E-state index is 12.4. The summed E-state index contributed by atoms with van der Waals surface area (Å²) in [4.78, 5) is 0. The fourth-order valence-electron chi connectivity index (χ4n) is 0.794. The molecule has 0 spiro atoms. The van der Waals surface area contributed by atoms with Crippen molar-refractivity contribution < 1.29 is 13.5 Å². The number of halogens is 4. The highest BCUT2D eigenvalue weighted by molar-refractivity contribution is 9.11. The molecule has 0 saturated carbocycles. The molecule has 0 saturated heterocycles. The van der Waals surface area contributed by atoms with Crippen molar-refractivity contribution >= 4 is 31.9 Å². The number of hydrogen-bond acceptors (Lipinski definition) is 1. The highest BCUT2D eigenvalue weighted by Crippen LogP contribution is 2.28. The van der Waals surface area contributed by atoms with Crippen LogP contribution in [0.5, 0.6) is 5.75 Å². The van der Waals surface area contributed by atoms with Gasteiger partial charge < -0.3 is 4.74 Å². The quantitative estimate of drug-likeness (QED) is 0.794.